The zero-order chi connectivity index (χ0) is 18.7. The van der Waals surface area contributed by atoms with Gasteiger partial charge in [-0.2, -0.15) is 4.72 Å². The molecule has 0 fully saturated rings. The van der Waals surface area contributed by atoms with Crippen LogP contribution in [0, 0.1) is 5.82 Å². The summed E-state index contributed by atoms with van der Waals surface area (Å²) < 4.78 is 46.1. The molecule has 0 aliphatic heterocycles. The lowest BCUT2D eigenvalue weighted by atomic mass is 10.3. The molecule has 26 heavy (non-hydrogen) atoms. The van der Waals surface area contributed by atoms with Gasteiger partial charge in [-0.25, -0.2) is 17.6 Å². The van der Waals surface area contributed by atoms with Gasteiger partial charge >= 0.3 is 5.69 Å². The fraction of sp³-hybridized carbons (Fsp3) is 0.0625. The third-order valence-electron chi connectivity index (χ3n) is 3.38. The average Bonchev–Trinajstić information content (AvgIpc) is 2.93. The number of imidazole rings is 1. The maximum absolute atomic E-state index is 12.9. The summed E-state index contributed by atoms with van der Waals surface area (Å²) in [6.45, 7) is -0.341. The number of aromatic hydroxyl groups is 1. The van der Waals surface area contributed by atoms with E-state index in [9.17, 15) is 17.6 Å². The number of ether oxygens (including phenoxy) is 1. The number of hydrogen-bond acceptors (Lipinski definition) is 5. The normalized spacial score (nSPS) is 11.4. The molecule has 0 unspecified atom stereocenters. The second kappa shape index (κ2) is 7.02. The van der Waals surface area contributed by atoms with E-state index in [0.29, 0.717) is 11.5 Å². The Bertz CT molecular complexity index is 1060. The zero-order valence-electron chi connectivity index (χ0n) is 13.2. The Morgan fingerprint density at radius 1 is 1.08 bits per heavy atom. The van der Waals surface area contributed by atoms with Crippen LogP contribution in [0.2, 0.25) is 0 Å². The maximum Gasteiger partial charge on any atom is 0.329 e. The minimum atomic E-state index is -3.87. The molecule has 3 rings (SSSR count). The molecule has 0 saturated heterocycles. The Kier molecular flexibility index (Phi) is 4.78. The fourth-order valence-corrected chi connectivity index (χ4v) is 3.07. The van der Waals surface area contributed by atoms with Crippen LogP contribution in [0.15, 0.2) is 64.4 Å². The standard InChI is InChI=1S/C16H14FN3O5S/c17-11-1-3-12(4-2-11)25-13-5-7-14(8-6-13)26(23,24)18-10-20-9-15(21)19-16(20)22/h1-9,18,21H,10H2,(H,19,22). The number of nitrogens with one attached hydrogen (secondary N) is 2. The van der Waals surface area contributed by atoms with Gasteiger partial charge in [0.25, 0.3) is 0 Å². The summed E-state index contributed by atoms with van der Waals surface area (Å²) in [5, 5.41) is 9.16. The first-order valence-corrected chi connectivity index (χ1v) is 8.83. The first-order valence-electron chi connectivity index (χ1n) is 7.35. The summed E-state index contributed by atoms with van der Waals surface area (Å²) in [4.78, 5) is 13.5. The molecule has 0 atom stereocenters. The van der Waals surface area contributed by atoms with E-state index >= 15 is 0 Å². The van der Waals surface area contributed by atoms with Crippen molar-refractivity contribution in [2.75, 3.05) is 0 Å². The van der Waals surface area contributed by atoms with Crippen molar-refractivity contribution in [1.29, 1.82) is 0 Å². The maximum atomic E-state index is 12.9. The molecule has 3 aromatic rings. The van der Waals surface area contributed by atoms with Crippen LogP contribution >= 0.6 is 0 Å². The molecule has 0 aliphatic carbocycles. The van der Waals surface area contributed by atoms with Crippen LogP contribution in [0.1, 0.15) is 0 Å². The molecule has 1 aromatic heterocycles. The van der Waals surface area contributed by atoms with Crippen LogP contribution in [-0.4, -0.2) is 23.1 Å². The van der Waals surface area contributed by atoms with E-state index in [2.05, 4.69) is 9.71 Å². The number of halogens is 1. The van der Waals surface area contributed by atoms with Crippen LogP contribution in [0.4, 0.5) is 4.39 Å². The van der Waals surface area contributed by atoms with Crippen molar-refractivity contribution in [3.05, 3.63) is 71.0 Å². The Labute approximate surface area is 147 Å². The topological polar surface area (TPSA) is 113 Å². The van der Waals surface area contributed by atoms with Crippen LogP contribution in [0.3, 0.4) is 0 Å². The molecule has 3 N–H and O–H groups in total. The van der Waals surface area contributed by atoms with E-state index in [1.165, 1.54) is 48.5 Å². The van der Waals surface area contributed by atoms with Gasteiger partial charge in [0.2, 0.25) is 15.9 Å². The number of H-pyrrole nitrogens is 1. The minimum Gasteiger partial charge on any atom is -0.493 e. The van der Waals surface area contributed by atoms with Crippen molar-refractivity contribution in [2.24, 2.45) is 0 Å². The van der Waals surface area contributed by atoms with E-state index in [1.807, 2.05) is 0 Å². The van der Waals surface area contributed by atoms with Crippen molar-refractivity contribution in [3.63, 3.8) is 0 Å². The number of aromatic nitrogens is 2. The first-order chi connectivity index (χ1) is 12.3. The molecule has 0 amide bonds. The minimum absolute atomic E-state index is 0.0308. The summed E-state index contributed by atoms with van der Waals surface area (Å²) in [6, 6.07) is 11.0. The molecule has 8 nitrogen and oxygen atoms in total. The molecule has 0 aliphatic rings. The zero-order valence-corrected chi connectivity index (χ0v) is 14.0. The lowest BCUT2D eigenvalue weighted by molar-refractivity contribution is 0.454. The summed E-state index contributed by atoms with van der Waals surface area (Å²) in [5.74, 6) is 0.0327. The summed E-state index contributed by atoms with van der Waals surface area (Å²) in [7, 11) is -3.87. The van der Waals surface area contributed by atoms with Crippen molar-refractivity contribution in [1.82, 2.24) is 14.3 Å². The summed E-state index contributed by atoms with van der Waals surface area (Å²) in [5.41, 5.74) is -0.645. The molecule has 1 heterocycles. The van der Waals surface area contributed by atoms with Crippen LogP contribution in [0.5, 0.6) is 17.4 Å². The van der Waals surface area contributed by atoms with Gasteiger partial charge in [-0.1, -0.05) is 0 Å². The number of benzene rings is 2. The summed E-state index contributed by atoms with van der Waals surface area (Å²) >= 11 is 0. The van der Waals surface area contributed by atoms with Gasteiger partial charge in [0.05, 0.1) is 17.8 Å². The number of sulfonamides is 1. The molecule has 10 heteroatoms. The van der Waals surface area contributed by atoms with Gasteiger partial charge in [-0.3, -0.25) is 9.55 Å². The second-order valence-corrected chi connectivity index (χ2v) is 7.01. The SMILES string of the molecule is O=c1[nH]c(O)cn1CNS(=O)(=O)c1ccc(Oc2ccc(F)cc2)cc1. The van der Waals surface area contributed by atoms with Crippen LogP contribution < -0.4 is 15.1 Å². The molecule has 0 saturated carbocycles. The third-order valence-corrected chi connectivity index (χ3v) is 4.78. The van der Waals surface area contributed by atoms with Gasteiger partial charge < -0.3 is 9.84 Å². The fourth-order valence-electron chi connectivity index (χ4n) is 2.10. The predicted molar refractivity (Wildman–Crippen MR) is 90.0 cm³/mol. The lowest BCUT2D eigenvalue weighted by Crippen LogP contribution is -2.30. The van der Waals surface area contributed by atoms with Gasteiger partial charge in [-0.05, 0) is 48.5 Å². The number of nitrogens with zero attached hydrogens (tertiary/aromatic N) is 1. The largest absolute Gasteiger partial charge is 0.493 e. The molecule has 0 radical (unpaired) electrons. The molecule has 0 spiro atoms. The van der Waals surface area contributed by atoms with Crippen LogP contribution in [0.25, 0.3) is 0 Å². The molecule has 136 valence electrons. The van der Waals surface area contributed by atoms with Crippen LogP contribution in [-0.2, 0) is 16.7 Å². The van der Waals surface area contributed by atoms with Crippen molar-refractivity contribution < 1.29 is 22.7 Å². The quantitative estimate of drug-likeness (QED) is 0.604. The Hall–Kier alpha value is -3.11. The van der Waals surface area contributed by atoms with E-state index in [4.69, 9.17) is 9.84 Å². The molecule has 2 aromatic carbocycles. The molecule has 0 bridgehead atoms. The predicted octanol–water partition coefficient (Wildman–Crippen LogP) is 1.75. The van der Waals surface area contributed by atoms with Crippen molar-refractivity contribution in [3.8, 4) is 17.4 Å². The average molecular weight is 379 g/mol. The van der Waals surface area contributed by atoms with E-state index < -0.39 is 15.7 Å². The van der Waals surface area contributed by atoms with E-state index in [0.717, 1.165) is 10.8 Å². The highest BCUT2D eigenvalue weighted by Crippen LogP contribution is 2.23. The Morgan fingerprint density at radius 2 is 1.65 bits per heavy atom. The molecular formula is C16H14FN3O5S. The summed E-state index contributed by atoms with van der Waals surface area (Å²) in [6.07, 6.45) is 1.07. The van der Waals surface area contributed by atoms with Crippen molar-refractivity contribution in [2.45, 2.75) is 11.6 Å². The number of rotatable bonds is 6. The molecular weight excluding hydrogens is 365 g/mol. The Balaban J connectivity index is 1.69. The monoisotopic (exact) mass is 379 g/mol. The van der Waals surface area contributed by atoms with Crippen molar-refractivity contribution >= 4 is 10.0 Å². The van der Waals surface area contributed by atoms with E-state index in [-0.39, 0.29) is 23.3 Å². The van der Waals surface area contributed by atoms with Gasteiger partial charge in [0.1, 0.15) is 17.3 Å². The number of hydrogen-bond donors (Lipinski definition) is 3. The lowest BCUT2D eigenvalue weighted by Gasteiger charge is -2.09. The van der Waals surface area contributed by atoms with Gasteiger partial charge in [0, 0.05) is 0 Å². The Morgan fingerprint density at radius 3 is 2.19 bits per heavy atom. The van der Waals surface area contributed by atoms with E-state index in [1.54, 1.807) is 0 Å². The third kappa shape index (κ3) is 4.10. The van der Waals surface area contributed by atoms with Gasteiger partial charge in [0.15, 0.2) is 0 Å². The smallest absolute Gasteiger partial charge is 0.329 e. The number of aromatic amines is 1. The van der Waals surface area contributed by atoms with Gasteiger partial charge in [-0.15, -0.1) is 0 Å². The first kappa shape index (κ1) is 17.7. The highest BCUT2D eigenvalue weighted by atomic mass is 32.2. The highest BCUT2D eigenvalue weighted by Gasteiger charge is 2.14. The highest BCUT2D eigenvalue weighted by molar-refractivity contribution is 7.89. The second-order valence-electron chi connectivity index (χ2n) is 5.25.